The molecule has 0 radical (unpaired) electrons. The Labute approximate surface area is 139 Å². The quantitative estimate of drug-likeness (QED) is 0.775. The first kappa shape index (κ1) is 17.4. The van der Waals surface area contributed by atoms with E-state index in [-0.39, 0.29) is 5.91 Å². The lowest BCUT2D eigenvalue weighted by Crippen LogP contribution is -2.40. The fourth-order valence-corrected chi connectivity index (χ4v) is 4.68. The molecule has 1 aromatic rings. The van der Waals surface area contributed by atoms with Crippen molar-refractivity contribution >= 4 is 17.7 Å². The van der Waals surface area contributed by atoms with Crippen molar-refractivity contribution in [3.05, 3.63) is 28.8 Å². The van der Waals surface area contributed by atoms with E-state index in [1.54, 1.807) is 0 Å². The minimum atomic E-state index is 0.120. The summed E-state index contributed by atoms with van der Waals surface area (Å²) >= 11 is 1.93. The van der Waals surface area contributed by atoms with Crippen molar-refractivity contribution in [3.63, 3.8) is 0 Å². The maximum atomic E-state index is 12.7. The third kappa shape index (κ3) is 4.07. The average molecular weight is 320 g/mol. The van der Waals surface area contributed by atoms with Gasteiger partial charge < -0.3 is 5.32 Å². The molecule has 1 N–H and O–H groups in total. The minimum Gasteiger partial charge on any atom is -0.348 e. The molecule has 2 atom stereocenters. The Morgan fingerprint density at radius 2 is 1.77 bits per heavy atom. The molecular formula is C19H29NOS. The van der Waals surface area contributed by atoms with E-state index in [0.717, 1.165) is 12.0 Å². The van der Waals surface area contributed by atoms with E-state index in [9.17, 15) is 4.79 Å². The minimum absolute atomic E-state index is 0.120. The van der Waals surface area contributed by atoms with E-state index < -0.39 is 0 Å². The van der Waals surface area contributed by atoms with Gasteiger partial charge in [-0.15, -0.1) is 11.8 Å². The Kier molecular flexibility index (Phi) is 6.37. The summed E-state index contributed by atoms with van der Waals surface area (Å²) in [5, 5.41) is 3.82. The topological polar surface area (TPSA) is 29.1 Å². The summed E-state index contributed by atoms with van der Waals surface area (Å²) in [6.45, 7) is 8.66. The van der Waals surface area contributed by atoms with Gasteiger partial charge in [0.25, 0.3) is 5.91 Å². The van der Waals surface area contributed by atoms with Crippen LogP contribution in [0.15, 0.2) is 17.0 Å². The standard InChI is InChI=1S/C19H29NOS/c1-5-7-9-16-17(10-8-6-2)22-18-14(4)11-13(3)12-15(18)19(21)20-16/h11-12,16-17H,5-10H2,1-4H3,(H,20,21). The fraction of sp³-hybridized carbons (Fsp3) is 0.632. The molecule has 0 bridgehead atoms. The second-order valence-electron chi connectivity index (χ2n) is 6.48. The first-order chi connectivity index (χ1) is 10.6. The lowest BCUT2D eigenvalue weighted by atomic mass is 10.0. The van der Waals surface area contributed by atoms with Gasteiger partial charge in [0.1, 0.15) is 0 Å². The van der Waals surface area contributed by atoms with Crippen LogP contribution in [0.1, 0.15) is 73.9 Å². The predicted octanol–water partition coefficient (Wildman–Crippen LogP) is 5.26. The van der Waals surface area contributed by atoms with Crippen LogP contribution < -0.4 is 5.32 Å². The van der Waals surface area contributed by atoms with Gasteiger partial charge in [-0.2, -0.15) is 0 Å². The van der Waals surface area contributed by atoms with Crippen LogP contribution in [-0.4, -0.2) is 17.2 Å². The Bertz CT molecular complexity index is 526. The number of carbonyl (C=O) groups is 1. The Balaban J connectivity index is 2.32. The number of hydrogen-bond donors (Lipinski definition) is 1. The molecule has 0 aliphatic carbocycles. The zero-order valence-corrected chi connectivity index (χ0v) is 15.2. The molecule has 1 aliphatic rings. The maximum absolute atomic E-state index is 12.7. The predicted molar refractivity (Wildman–Crippen MR) is 95.9 cm³/mol. The van der Waals surface area contributed by atoms with Crippen molar-refractivity contribution in [1.29, 1.82) is 0 Å². The average Bonchev–Trinajstić information content (AvgIpc) is 2.61. The van der Waals surface area contributed by atoms with Crippen LogP contribution in [0.5, 0.6) is 0 Å². The summed E-state index contributed by atoms with van der Waals surface area (Å²) in [4.78, 5) is 13.9. The second kappa shape index (κ2) is 8.05. The summed E-state index contributed by atoms with van der Waals surface area (Å²) in [6, 6.07) is 4.54. The highest BCUT2D eigenvalue weighted by Gasteiger charge is 2.30. The molecule has 2 rings (SSSR count). The highest BCUT2D eigenvalue weighted by Crippen LogP contribution is 2.38. The number of carbonyl (C=O) groups excluding carboxylic acids is 1. The van der Waals surface area contributed by atoms with Crippen LogP contribution in [0.3, 0.4) is 0 Å². The SMILES string of the molecule is CCCCC1NC(=O)c2cc(C)cc(C)c2SC1CCCC. The third-order valence-corrected chi connectivity index (χ3v) is 6.05. The van der Waals surface area contributed by atoms with E-state index in [2.05, 4.69) is 39.1 Å². The number of hydrogen-bond acceptors (Lipinski definition) is 2. The van der Waals surface area contributed by atoms with Crippen molar-refractivity contribution in [1.82, 2.24) is 5.32 Å². The van der Waals surface area contributed by atoms with E-state index in [0.29, 0.717) is 11.3 Å². The number of thioether (sulfide) groups is 1. The largest absolute Gasteiger partial charge is 0.348 e. The van der Waals surface area contributed by atoms with Gasteiger partial charge in [0.2, 0.25) is 0 Å². The summed E-state index contributed by atoms with van der Waals surface area (Å²) < 4.78 is 0. The van der Waals surface area contributed by atoms with Crippen molar-refractivity contribution in [2.45, 2.75) is 82.4 Å². The molecule has 1 aromatic carbocycles. The molecule has 122 valence electrons. The van der Waals surface area contributed by atoms with E-state index in [1.165, 1.54) is 48.1 Å². The summed E-state index contributed by atoms with van der Waals surface area (Å²) in [6.07, 6.45) is 7.09. The molecule has 22 heavy (non-hydrogen) atoms. The first-order valence-electron chi connectivity index (χ1n) is 8.65. The van der Waals surface area contributed by atoms with Crippen LogP contribution in [0.25, 0.3) is 0 Å². The monoisotopic (exact) mass is 319 g/mol. The molecule has 0 spiro atoms. The smallest absolute Gasteiger partial charge is 0.252 e. The van der Waals surface area contributed by atoms with Gasteiger partial charge in [0, 0.05) is 16.2 Å². The fourth-order valence-electron chi connectivity index (χ4n) is 3.20. The van der Waals surface area contributed by atoms with Gasteiger partial charge in [-0.05, 0) is 43.9 Å². The number of fused-ring (bicyclic) bond motifs is 1. The number of rotatable bonds is 6. The molecule has 1 aliphatic heterocycles. The van der Waals surface area contributed by atoms with Gasteiger partial charge in [-0.25, -0.2) is 0 Å². The molecule has 1 amide bonds. The number of unbranched alkanes of at least 4 members (excludes halogenated alkanes) is 2. The van der Waals surface area contributed by atoms with Crippen LogP contribution >= 0.6 is 11.8 Å². The molecule has 0 saturated heterocycles. The summed E-state index contributed by atoms with van der Waals surface area (Å²) in [5.74, 6) is 0.120. The zero-order valence-electron chi connectivity index (χ0n) is 14.4. The van der Waals surface area contributed by atoms with Gasteiger partial charge in [-0.3, -0.25) is 4.79 Å². The van der Waals surface area contributed by atoms with E-state index in [4.69, 9.17) is 0 Å². The van der Waals surface area contributed by atoms with Crippen LogP contribution in [-0.2, 0) is 0 Å². The molecule has 2 unspecified atom stereocenters. The third-order valence-electron chi connectivity index (χ3n) is 4.41. The van der Waals surface area contributed by atoms with Crippen molar-refractivity contribution in [2.24, 2.45) is 0 Å². The van der Waals surface area contributed by atoms with Crippen molar-refractivity contribution < 1.29 is 4.79 Å². The van der Waals surface area contributed by atoms with E-state index in [1.807, 2.05) is 17.8 Å². The molecule has 2 nitrogen and oxygen atoms in total. The number of benzene rings is 1. The maximum Gasteiger partial charge on any atom is 0.252 e. The number of nitrogens with one attached hydrogen (secondary N) is 1. The Morgan fingerprint density at radius 1 is 1.09 bits per heavy atom. The highest BCUT2D eigenvalue weighted by molar-refractivity contribution is 8.00. The Morgan fingerprint density at radius 3 is 2.45 bits per heavy atom. The zero-order chi connectivity index (χ0) is 16.1. The van der Waals surface area contributed by atoms with Gasteiger partial charge in [0.15, 0.2) is 0 Å². The van der Waals surface area contributed by atoms with Gasteiger partial charge in [0.05, 0.1) is 5.56 Å². The lowest BCUT2D eigenvalue weighted by Gasteiger charge is -2.25. The molecule has 0 fully saturated rings. The first-order valence-corrected chi connectivity index (χ1v) is 9.53. The molecule has 0 saturated carbocycles. The van der Waals surface area contributed by atoms with Gasteiger partial charge in [-0.1, -0.05) is 45.6 Å². The molecule has 1 heterocycles. The normalized spacial score (nSPS) is 21.2. The van der Waals surface area contributed by atoms with Crippen LogP contribution in [0, 0.1) is 13.8 Å². The number of aryl methyl sites for hydroxylation is 2. The second-order valence-corrected chi connectivity index (χ2v) is 7.73. The van der Waals surface area contributed by atoms with Crippen molar-refractivity contribution in [2.75, 3.05) is 0 Å². The summed E-state index contributed by atoms with van der Waals surface area (Å²) in [7, 11) is 0. The Hall–Kier alpha value is -0.960. The molecule has 0 aromatic heterocycles. The molecular weight excluding hydrogens is 290 g/mol. The number of amides is 1. The van der Waals surface area contributed by atoms with Gasteiger partial charge >= 0.3 is 0 Å². The molecule has 3 heteroatoms. The van der Waals surface area contributed by atoms with Crippen LogP contribution in [0.4, 0.5) is 0 Å². The summed E-state index contributed by atoms with van der Waals surface area (Å²) in [5.41, 5.74) is 3.29. The lowest BCUT2D eigenvalue weighted by molar-refractivity contribution is 0.0932. The van der Waals surface area contributed by atoms with Crippen LogP contribution in [0.2, 0.25) is 0 Å². The van der Waals surface area contributed by atoms with Crippen molar-refractivity contribution in [3.8, 4) is 0 Å². The highest BCUT2D eigenvalue weighted by atomic mass is 32.2. The van der Waals surface area contributed by atoms with E-state index >= 15 is 0 Å².